The van der Waals surface area contributed by atoms with E-state index in [9.17, 15) is 0 Å². The fourth-order valence-electron chi connectivity index (χ4n) is 11.1. The van der Waals surface area contributed by atoms with E-state index in [4.69, 9.17) is 9.97 Å². The number of para-hydroxylation sites is 2. The molecule has 4 nitrogen and oxygen atoms in total. The fourth-order valence-corrected chi connectivity index (χ4v) is 11.1. The third-order valence-electron chi connectivity index (χ3n) is 14.5. The van der Waals surface area contributed by atoms with Gasteiger partial charge in [-0.1, -0.05) is 178 Å². The average molecular weight is 871 g/mol. The SMILES string of the molecule is C=CC=C(C)n1c2ccccc2c2cc(-c3ccc4c(c3)C=Cc3cc5c(cc3N4c3nc(-c4ccc(-c6cccc7ccccc67)cc4)c4ccccc4n3)-c3ccccc3C5(C)C)ccc21. The Balaban J connectivity index is 0.998. The van der Waals surface area contributed by atoms with E-state index < -0.39 is 0 Å². The molecule has 0 bridgehead atoms. The molecule has 0 amide bonds. The van der Waals surface area contributed by atoms with E-state index in [1.54, 1.807) is 0 Å². The van der Waals surface area contributed by atoms with E-state index in [1.165, 1.54) is 66.0 Å². The van der Waals surface area contributed by atoms with E-state index in [1.807, 2.05) is 6.08 Å². The minimum absolute atomic E-state index is 0.154. The molecule has 2 aliphatic rings. The maximum Gasteiger partial charge on any atom is 0.235 e. The van der Waals surface area contributed by atoms with Crippen molar-refractivity contribution in [3.8, 4) is 44.6 Å². The third kappa shape index (κ3) is 6.07. The van der Waals surface area contributed by atoms with E-state index in [0.29, 0.717) is 5.95 Å². The Hall–Kier alpha value is -8.60. The van der Waals surface area contributed by atoms with Crippen LogP contribution in [0.1, 0.15) is 43.0 Å². The van der Waals surface area contributed by atoms with Gasteiger partial charge >= 0.3 is 0 Å². The van der Waals surface area contributed by atoms with Crippen LogP contribution in [0.3, 0.4) is 0 Å². The molecule has 0 unspecified atom stereocenters. The molecule has 68 heavy (non-hydrogen) atoms. The van der Waals surface area contributed by atoms with E-state index in [0.717, 1.165) is 61.5 Å². The van der Waals surface area contributed by atoms with Crippen molar-refractivity contribution in [1.82, 2.24) is 14.5 Å². The van der Waals surface area contributed by atoms with Gasteiger partial charge in [-0.05, 0) is 128 Å². The molecule has 1 aliphatic heterocycles. The summed E-state index contributed by atoms with van der Waals surface area (Å²) in [6, 6.07) is 68.4. The number of allylic oxidation sites excluding steroid dienone is 3. The van der Waals surface area contributed by atoms with Gasteiger partial charge in [-0.3, -0.25) is 4.90 Å². The van der Waals surface area contributed by atoms with Crippen LogP contribution in [0.15, 0.2) is 207 Å². The summed E-state index contributed by atoms with van der Waals surface area (Å²) in [4.78, 5) is 13.3. The van der Waals surface area contributed by atoms with Gasteiger partial charge in [-0.15, -0.1) is 0 Å². The first-order valence-electron chi connectivity index (χ1n) is 23.4. The molecule has 0 N–H and O–H groups in total. The molecule has 11 aromatic rings. The molecule has 3 heterocycles. The van der Waals surface area contributed by atoms with Crippen molar-refractivity contribution in [1.29, 1.82) is 0 Å². The van der Waals surface area contributed by atoms with Crippen LogP contribution in [0.25, 0.3) is 106 Å². The van der Waals surface area contributed by atoms with Crippen LogP contribution in [-0.4, -0.2) is 14.5 Å². The van der Waals surface area contributed by atoms with Crippen molar-refractivity contribution in [2.24, 2.45) is 0 Å². The molecule has 4 heteroatoms. The average Bonchev–Trinajstić information content (AvgIpc) is 3.75. The van der Waals surface area contributed by atoms with Gasteiger partial charge in [0.1, 0.15) is 0 Å². The van der Waals surface area contributed by atoms with Gasteiger partial charge in [0.05, 0.1) is 33.6 Å². The number of hydrogen-bond donors (Lipinski definition) is 0. The number of benzene rings is 9. The second-order valence-electron chi connectivity index (χ2n) is 18.7. The summed E-state index contributed by atoms with van der Waals surface area (Å²) >= 11 is 0. The summed E-state index contributed by atoms with van der Waals surface area (Å²) in [5.74, 6) is 0.624. The zero-order valence-electron chi connectivity index (χ0n) is 38.2. The first kappa shape index (κ1) is 39.7. The highest BCUT2D eigenvalue weighted by atomic mass is 15.3. The van der Waals surface area contributed by atoms with Crippen LogP contribution in [0.2, 0.25) is 0 Å². The smallest absolute Gasteiger partial charge is 0.235 e. The summed E-state index contributed by atoms with van der Waals surface area (Å²) in [7, 11) is 0. The summed E-state index contributed by atoms with van der Waals surface area (Å²) in [6.45, 7) is 10.8. The Morgan fingerprint density at radius 1 is 0.500 bits per heavy atom. The van der Waals surface area contributed by atoms with Gasteiger partial charge in [0.15, 0.2) is 0 Å². The number of rotatable bonds is 6. The van der Waals surface area contributed by atoms with Crippen molar-refractivity contribution in [2.45, 2.75) is 26.2 Å². The van der Waals surface area contributed by atoms with Crippen LogP contribution in [0.5, 0.6) is 0 Å². The Kier molecular flexibility index (Phi) is 8.90. The number of aromatic nitrogens is 3. The lowest BCUT2D eigenvalue weighted by atomic mass is 9.82. The minimum atomic E-state index is -0.154. The van der Waals surface area contributed by atoms with Crippen LogP contribution in [-0.2, 0) is 5.41 Å². The van der Waals surface area contributed by atoms with Gasteiger partial charge in [0.25, 0.3) is 0 Å². The molecule has 322 valence electrons. The van der Waals surface area contributed by atoms with Crippen LogP contribution in [0.4, 0.5) is 17.3 Å². The van der Waals surface area contributed by atoms with Gasteiger partial charge < -0.3 is 4.57 Å². The van der Waals surface area contributed by atoms with Gasteiger partial charge in [-0.2, -0.15) is 0 Å². The normalized spacial score (nSPS) is 13.7. The summed E-state index contributed by atoms with van der Waals surface area (Å²) in [5, 5.41) is 5.92. The standard InChI is InChI=1S/C64H46N4/c1-5-15-40(2)67-59-25-13-10-20-51(59)54-37-45(33-35-60(54)67)44-32-34-58-46(36-44)30-31-47-38-56-53(50-19-8-11-23-55(50)64(56,3)4)39-61(47)68(58)63-65-57-24-12-9-21-52(57)62(66-63)43-28-26-42(27-29-43)49-22-14-17-41-16-6-7-18-48(41)49/h5-39H,1H2,2-4H3. The molecule has 0 saturated carbocycles. The van der Waals surface area contributed by atoms with Crippen molar-refractivity contribution in [3.05, 3.63) is 229 Å². The topological polar surface area (TPSA) is 34.0 Å². The van der Waals surface area contributed by atoms with Crippen LogP contribution < -0.4 is 4.90 Å². The van der Waals surface area contributed by atoms with Crippen molar-refractivity contribution >= 4 is 78.7 Å². The highest BCUT2D eigenvalue weighted by Crippen LogP contribution is 2.53. The highest BCUT2D eigenvalue weighted by Gasteiger charge is 2.37. The minimum Gasteiger partial charge on any atom is -0.313 e. The maximum absolute atomic E-state index is 5.60. The number of nitrogens with zero attached hydrogens (tertiary/aromatic N) is 4. The van der Waals surface area contributed by atoms with Crippen molar-refractivity contribution in [2.75, 3.05) is 4.90 Å². The molecular weight excluding hydrogens is 825 g/mol. The van der Waals surface area contributed by atoms with Crippen LogP contribution >= 0.6 is 0 Å². The number of hydrogen-bond acceptors (Lipinski definition) is 3. The molecule has 1 aliphatic carbocycles. The lowest BCUT2D eigenvalue weighted by Crippen LogP contribution is -2.17. The third-order valence-corrected chi connectivity index (χ3v) is 14.5. The lowest BCUT2D eigenvalue weighted by Gasteiger charge is -2.28. The van der Waals surface area contributed by atoms with E-state index in [2.05, 4.69) is 243 Å². The van der Waals surface area contributed by atoms with Gasteiger partial charge in [-0.25, -0.2) is 9.97 Å². The first-order chi connectivity index (χ1) is 33.3. The zero-order chi connectivity index (χ0) is 45.7. The molecule has 2 aromatic heterocycles. The summed E-state index contributed by atoms with van der Waals surface area (Å²) in [6.07, 6.45) is 8.50. The Morgan fingerprint density at radius 2 is 1.15 bits per heavy atom. The Bertz CT molecular complexity index is 3970. The molecule has 13 rings (SSSR count). The van der Waals surface area contributed by atoms with Gasteiger partial charge in [0, 0.05) is 32.8 Å². The number of anilines is 3. The van der Waals surface area contributed by atoms with Gasteiger partial charge in [0.2, 0.25) is 5.95 Å². The quantitative estimate of drug-likeness (QED) is 0.156. The van der Waals surface area contributed by atoms with Crippen molar-refractivity contribution < 1.29 is 0 Å². The molecule has 0 fully saturated rings. The predicted octanol–water partition coefficient (Wildman–Crippen LogP) is 17.2. The summed E-state index contributed by atoms with van der Waals surface area (Å²) < 4.78 is 2.33. The second kappa shape index (κ2) is 15.2. The number of fused-ring (bicyclic) bond motifs is 10. The summed E-state index contributed by atoms with van der Waals surface area (Å²) in [5.41, 5.74) is 20.3. The molecule has 0 saturated heterocycles. The lowest BCUT2D eigenvalue weighted by molar-refractivity contribution is 0.660. The highest BCUT2D eigenvalue weighted by molar-refractivity contribution is 6.11. The Labute approximate surface area is 396 Å². The van der Waals surface area contributed by atoms with E-state index >= 15 is 0 Å². The van der Waals surface area contributed by atoms with E-state index in [-0.39, 0.29) is 5.41 Å². The first-order valence-corrected chi connectivity index (χ1v) is 23.4. The second-order valence-corrected chi connectivity index (χ2v) is 18.7. The Morgan fingerprint density at radius 3 is 2.00 bits per heavy atom. The zero-order valence-corrected chi connectivity index (χ0v) is 38.2. The fraction of sp³-hybridized carbons (Fsp3) is 0.0625. The van der Waals surface area contributed by atoms with Crippen molar-refractivity contribution in [3.63, 3.8) is 0 Å². The largest absolute Gasteiger partial charge is 0.313 e. The molecule has 0 spiro atoms. The molecular formula is C64H46N4. The molecule has 9 aromatic carbocycles. The molecule has 0 radical (unpaired) electrons. The maximum atomic E-state index is 5.60. The molecule has 0 atom stereocenters. The predicted molar refractivity (Wildman–Crippen MR) is 288 cm³/mol. The van der Waals surface area contributed by atoms with Crippen LogP contribution in [0, 0.1) is 0 Å². The monoisotopic (exact) mass is 870 g/mol.